The molecule has 1 N–H and O–H groups in total. The van der Waals surface area contributed by atoms with Gasteiger partial charge in [0.05, 0.1) is 12.5 Å². The summed E-state index contributed by atoms with van der Waals surface area (Å²) < 4.78 is 7.47. The number of hydrogen-bond acceptors (Lipinski definition) is 5. The molecule has 0 bridgehead atoms. The molecule has 3 aliphatic rings. The first-order chi connectivity index (χ1) is 21.9. The molecule has 4 atom stereocenters. The zero-order valence-electron chi connectivity index (χ0n) is 24.2. The summed E-state index contributed by atoms with van der Waals surface area (Å²) >= 11 is 3.52. The Kier molecular flexibility index (Phi) is 6.38. The number of benzene rings is 4. The van der Waals surface area contributed by atoms with Gasteiger partial charge < -0.3 is 14.4 Å². The van der Waals surface area contributed by atoms with Crippen LogP contribution in [0.25, 0.3) is 11.3 Å². The Balaban J connectivity index is 1.53. The lowest BCUT2D eigenvalue weighted by Crippen LogP contribution is -2.62. The summed E-state index contributed by atoms with van der Waals surface area (Å²) in [6, 6.07) is 32.8. The second-order valence-corrected chi connectivity index (χ2v) is 13.1. The summed E-state index contributed by atoms with van der Waals surface area (Å²) in [6.07, 6.45) is 1.24. The summed E-state index contributed by atoms with van der Waals surface area (Å²) in [5.41, 5.74) is 1.24. The Hall–Kier alpha value is -4.53. The Morgan fingerprint density at radius 1 is 0.911 bits per heavy atom. The number of anilines is 1. The van der Waals surface area contributed by atoms with Crippen LogP contribution < -0.4 is 4.90 Å². The van der Waals surface area contributed by atoms with Crippen LogP contribution in [0.2, 0.25) is 0 Å². The first-order valence-corrected chi connectivity index (χ1v) is 15.9. The van der Waals surface area contributed by atoms with E-state index < -0.39 is 23.0 Å². The number of halogens is 1. The van der Waals surface area contributed by atoms with Gasteiger partial charge >= 0.3 is 0 Å². The molecule has 0 saturated carbocycles. The average molecular weight is 662 g/mol. The second kappa shape index (κ2) is 10.3. The fraction of sp³-hybridized carbons (Fsp3) is 0.216. The fourth-order valence-electron chi connectivity index (χ4n) is 8.23. The van der Waals surface area contributed by atoms with Crippen LogP contribution in [0, 0.1) is 10.1 Å². The van der Waals surface area contributed by atoms with Crippen LogP contribution in [0.3, 0.4) is 0 Å². The molecular formula is C37H29BrN2O5. The van der Waals surface area contributed by atoms with Gasteiger partial charge in [-0.25, -0.2) is 0 Å². The molecule has 0 unspecified atom stereocenters. The molecule has 0 saturated heterocycles. The van der Waals surface area contributed by atoms with E-state index >= 15 is 4.79 Å². The van der Waals surface area contributed by atoms with E-state index in [0.717, 1.165) is 15.6 Å². The standard InChI is InChI=1S/C37H29BrN2O5/c38-26-19-17-24(18-20-26)30-34(40(43)44)36(42)21-9-16-29-31(36)32(33(45-29)25-12-5-2-6-13-25)37(30)27-14-7-8-15-28(27)39(35(37)41)22-23-10-3-1-4-11-23/h1-8,10-15,17-20,30,34,42H,9,16,21-22H2/t30-,34-,36+,37-/m1/s1. The van der Waals surface area contributed by atoms with Crippen LogP contribution in [-0.2, 0) is 28.8 Å². The zero-order chi connectivity index (χ0) is 30.9. The summed E-state index contributed by atoms with van der Waals surface area (Å²) in [5.74, 6) is -0.307. The van der Waals surface area contributed by atoms with Crippen molar-refractivity contribution in [2.45, 2.75) is 48.8 Å². The summed E-state index contributed by atoms with van der Waals surface area (Å²) in [5, 5.41) is 26.1. The van der Waals surface area contributed by atoms with Crippen LogP contribution >= 0.6 is 15.9 Å². The van der Waals surface area contributed by atoms with Gasteiger partial charge in [-0.1, -0.05) is 107 Å². The van der Waals surface area contributed by atoms with Gasteiger partial charge in [-0.05, 0) is 47.7 Å². The molecule has 0 radical (unpaired) electrons. The van der Waals surface area contributed by atoms with Crippen molar-refractivity contribution in [1.29, 1.82) is 0 Å². The van der Waals surface area contributed by atoms with Gasteiger partial charge in [0.1, 0.15) is 16.9 Å². The van der Waals surface area contributed by atoms with Crippen molar-refractivity contribution in [3.8, 4) is 11.3 Å². The highest BCUT2D eigenvalue weighted by molar-refractivity contribution is 9.10. The molecule has 0 fully saturated rings. The van der Waals surface area contributed by atoms with Gasteiger partial charge in [-0.3, -0.25) is 14.9 Å². The number of aliphatic hydroxyl groups is 1. The lowest BCUT2D eigenvalue weighted by molar-refractivity contribution is -0.556. The predicted octanol–water partition coefficient (Wildman–Crippen LogP) is 7.51. The van der Waals surface area contributed by atoms with Crippen molar-refractivity contribution in [3.05, 3.63) is 157 Å². The lowest BCUT2D eigenvalue weighted by Gasteiger charge is -2.49. The second-order valence-electron chi connectivity index (χ2n) is 12.2. The Bertz CT molecular complexity index is 1960. The molecule has 7 nitrogen and oxygen atoms in total. The normalized spacial score (nSPS) is 24.8. The fourth-order valence-corrected chi connectivity index (χ4v) is 8.50. The van der Waals surface area contributed by atoms with E-state index in [2.05, 4.69) is 15.9 Å². The van der Waals surface area contributed by atoms with Crippen molar-refractivity contribution in [1.82, 2.24) is 0 Å². The third kappa shape index (κ3) is 3.88. The quantitative estimate of drug-likeness (QED) is 0.155. The number of carbonyl (C=O) groups excluding carboxylic acids is 1. The van der Waals surface area contributed by atoms with E-state index in [4.69, 9.17) is 4.42 Å². The minimum atomic E-state index is -1.84. The minimum absolute atomic E-state index is 0.194. The van der Waals surface area contributed by atoms with E-state index in [9.17, 15) is 15.2 Å². The minimum Gasteiger partial charge on any atom is -0.460 e. The molecule has 1 spiro atoms. The molecule has 4 aromatic carbocycles. The summed E-state index contributed by atoms with van der Waals surface area (Å²) in [7, 11) is 0. The van der Waals surface area contributed by atoms with Crippen LogP contribution in [0.15, 0.2) is 118 Å². The number of para-hydroxylation sites is 1. The zero-order valence-corrected chi connectivity index (χ0v) is 25.8. The monoisotopic (exact) mass is 660 g/mol. The molecular weight excluding hydrogens is 632 g/mol. The molecule has 45 heavy (non-hydrogen) atoms. The first kappa shape index (κ1) is 28.0. The molecule has 8 heteroatoms. The van der Waals surface area contributed by atoms with E-state index in [1.807, 2.05) is 109 Å². The molecule has 1 aliphatic heterocycles. The molecule has 8 rings (SSSR count). The van der Waals surface area contributed by atoms with E-state index in [0.29, 0.717) is 58.8 Å². The maximum Gasteiger partial charge on any atom is 0.254 e. The number of furan rings is 1. The van der Waals surface area contributed by atoms with Crippen LogP contribution in [-0.4, -0.2) is 22.0 Å². The average Bonchev–Trinajstić information content (AvgIpc) is 3.56. The van der Waals surface area contributed by atoms with Gasteiger partial charge in [-0.15, -0.1) is 0 Å². The lowest BCUT2D eigenvalue weighted by atomic mass is 9.51. The van der Waals surface area contributed by atoms with Crippen LogP contribution in [0.1, 0.15) is 52.3 Å². The molecule has 2 heterocycles. The van der Waals surface area contributed by atoms with Crippen molar-refractivity contribution < 1.29 is 19.2 Å². The van der Waals surface area contributed by atoms with Crippen LogP contribution in [0.4, 0.5) is 5.69 Å². The van der Waals surface area contributed by atoms with E-state index in [-0.39, 0.29) is 17.3 Å². The number of rotatable bonds is 5. The third-order valence-corrected chi connectivity index (χ3v) is 10.4. The van der Waals surface area contributed by atoms with E-state index in [1.54, 1.807) is 4.90 Å². The largest absolute Gasteiger partial charge is 0.460 e. The smallest absolute Gasteiger partial charge is 0.254 e. The number of aryl methyl sites for hydroxylation is 1. The Labute approximate surface area is 268 Å². The van der Waals surface area contributed by atoms with Crippen molar-refractivity contribution in [2.24, 2.45) is 0 Å². The molecule has 5 aromatic rings. The number of carbonyl (C=O) groups is 1. The SMILES string of the molecule is O=C1N(Cc2ccccc2)c2ccccc2[C@@]12c1c(-c3ccccc3)oc3c1[C@@](O)(CCC3)[C@H]([N+](=O)[O-])[C@H]2c1ccc(Br)cc1. The summed E-state index contributed by atoms with van der Waals surface area (Å²) in [6.45, 7) is 0.291. The van der Waals surface area contributed by atoms with Gasteiger partial charge in [0.2, 0.25) is 5.91 Å². The highest BCUT2D eigenvalue weighted by Gasteiger charge is 2.73. The number of nitrogens with zero attached hydrogens (tertiary/aromatic N) is 2. The maximum absolute atomic E-state index is 15.6. The van der Waals surface area contributed by atoms with Crippen molar-refractivity contribution in [3.63, 3.8) is 0 Å². The van der Waals surface area contributed by atoms with Crippen molar-refractivity contribution >= 4 is 27.5 Å². The maximum atomic E-state index is 15.6. The molecule has 2 aliphatic carbocycles. The number of hydrogen-bond donors (Lipinski definition) is 1. The third-order valence-electron chi connectivity index (χ3n) is 9.92. The molecule has 1 amide bonds. The highest BCUT2D eigenvalue weighted by atomic mass is 79.9. The van der Waals surface area contributed by atoms with Gasteiger partial charge in [0.25, 0.3) is 6.04 Å². The van der Waals surface area contributed by atoms with Crippen LogP contribution in [0.5, 0.6) is 0 Å². The molecule has 1 aromatic heterocycles. The Morgan fingerprint density at radius 3 is 2.29 bits per heavy atom. The van der Waals surface area contributed by atoms with Gasteiger partial charge in [-0.2, -0.15) is 0 Å². The number of amides is 1. The molecule has 224 valence electrons. The summed E-state index contributed by atoms with van der Waals surface area (Å²) in [4.78, 5) is 30.4. The van der Waals surface area contributed by atoms with Gasteiger partial charge in [0, 0.05) is 38.2 Å². The van der Waals surface area contributed by atoms with Gasteiger partial charge in [0.15, 0.2) is 5.60 Å². The number of nitro groups is 1. The predicted molar refractivity (Wildman–Crippen MR) is 173 cm³/mol. The first-order valence-electron chi connectivity index (χ1n) is 15.1. The van der Waals surface area contributed by atoms with E-state index in [1.165, 1.54) is 0 Å². The highest BCUT2D eigenvalue weighted by Crippen LogP contribution is 2.66. The number of fused-ring (bicyclic) bond motifs is 3. The Morgan fingerprint density at radius 2 is 1.58 bits per heavy atom. The topological polar surface area (TPSA) is 96.8 Å². The van der Waals surface area contributed by atoms with Crippen molar-refractivity contribution in [2.75, 3.05) is 4.90 Å².